The van der Waals surface area contributed by atoms with Crippen molar-refractivity contribution in [1.29, 1.82) is 0 Å². The molecule has 1 saturated heterocycles. The minimum absolute atomic E-state index is 0.0353. The van der Waals surface area contributed by atoms with Gasteiger partial charge >= 0.3 is 0 Å². The summed E-state index contributed by atoms with van der Waals surface area (Å²) in [5.74, 6) is 0.376. The maximum atomic E-state index is 12.7. The average Bonchev–Trinajstić information content (AvgIpc) is 3.05. The van der Waals surface area contributed by atoms with Gasteiger partial charge in [0.25, 0.3) is 5.91 Å². The molecule has 6 heteroatoms. The van der Waals surface area contributed by atoms with Gasteiger partial charge in [0.05, 0.1) is 19.3 Å². The van der Waals surface area contributed by atoms with E-state index < -0.39 is 0 Å². The number of aryl methyl sites for hydroxylation is 1. The number of piperidine rings is 1. The van der Waals surface area contributed by atoms with E-state index in [1.807, 2.05) is 17.0 Å². The number of hydrogen-bond acceptors (Lipinski definition) is 4. The first-order chi connectivity index (χ1) is 11.7. The number of aromatic nitrogens is 3. The third-order valence-corrected chi connectivity index (χ3v) is 4.56. The van der Waals surface area contributed by atoms with E-state index in [1.54, 1.807) is 18.0 Å². The molecule has 0 radical (unpaired) electrons. The lowest BCUT2D eigenvalue weighted by Gasteiger charge is -2.31. The van der Waals surface area contributed by atoms with Gasteiger partial charge in [0, 0.05) is 20.2 Å². The predicted octanol–water partition coefficient (Wildman–Crippen LogP) is 2.13. The first kappa shape index (κ1) is 16.6. The van der Waals surface area contributed by atoms with E-state index in [1.165, 1.54) is 11.1 Å². The van der Waals surface area contributed by atoms with Crippen molar-refractivity contribution in [2.24, 2.45) is 5.92 Å². The normalized spacial score (nSPS) is 17.9. The Labute approximate surface area is 142 Å². The highest BCUT2D eigenvalue weighted by Gasteiger charge is 2.26. The van der Waals surface area contributed by atoms with Crippen LogP contribution in [-0.4, -0.2) is 52.6 Å². The lowest BCUT2D eigenvalue weighted by atomic mass is 9.99. The third kappa shape index (κ3) is 3.82. The quantitative estimate of drug-likeness (QED) is 0.844. The SMILES string of the molecule is COCC1CCCN(C(=O)c2cn(Cc3ccccc3C)nn2)C1. The minimum Gasteiger partial charge on any atom is -0.384 e. The van der Waals surface area contributed by atoms with Crippen LogP contribution < -0.4 is 0 Å². The van der Waals surface area contributed by atoms with Crippen molar-refractivity contribution in [3.63, 3.8) is 0 Å². The molecule has 0 spiro atoms. The second-order valence-electron chi connectivity index (χ2n) is 6.44. The highest BCUT2D eigenvalue weighted by Crippen LogP contribution is 2.18. The fourth-order valence-electron chi connectivity index (χ4n) is 3.22. The molecule has 2 aromatic rings. The number of hydrogen-bond donors (Lipinski definition) is 0. The van der Waals surface area contributed by atoms with Crippen LogP contribution in [0, 0.1) is 12.8 Å². The van der Waals surface area contributed by atoms with E-state index in [0.717, 1.165) is 25.9 Å². The summed E-state index contributed by atoms with van der Waals surface area (Å²) in [5.41, 5.74) is 2.81. The van der Waals surface area contributed by atoms with Crippen LogP contribution in [0.4, 0.5) is 0 Å². The summed E-state index contributed by atoms with van der Waals surface area (Å²) in [4.78, 5) is 14.5. The number of carbonyl (C=O) groups excluding carboxylic acids is 1. The van der Waals surface area contributed by atoms with Crippen LogP contribution in [0.25, 0.3) is 0 Å². The Bertz CT molecular complexity index is 696. The van der Waals surface area contributed by atoms with Gasteiger partial charge in [-0.25, -0.2) is 4.68 Å². The molecular weight excluding hydrogens is 304 g/mol. The van der Waals surface area contributed by atoms with Gasteiger partial charge in [-0.2, -0.15) is 0 Å². The van der Waals surface area contributed by atoms with Crippen LogP contribution in [0.1, 0.15) is 34.5 Å². The van der Waals surface area contributed by atoms with Crippen LogP contribution >= 0.6 is 0 Å². The van der Waals surface area contributed by atoms with Crippen molar-refractivity contribution in [3.8, 4) is 0 Å². The molecule has 0 bridgehead atoms. The zero-order chi connectivity index (χ0) is 16.9. The fraction of sp³-hybridized carbons (Fsp3) is 0.500. The Balaban J connectivity index is 1.66. The van der Waals surface area contributed by atoms with Crippen molar-refractivity contribution in [3.05, 3.63) is 47.3 Å². The Morgan fingerprint density at radius 2 is 2.21 bits per heavy atom. The van der Waals surface area contributed by atoms with Crippen molar-refractivity contribution < 1.29 is 9.53 Å². The summed E-state index contributed by atoms with van der Waals surface area (Å²) < 4.78 is 6.96. The number of ether oxygens (including phenoxy) is 1. The molecule has 6 nitrogen and oxygen atoms in total. The molecule has 0 aliphatic carbocycles. The molecule has 0 saturated carbocycles. The van der Waals surface area contributed by atoms with Crippen LogP contribution in [0.2, 0.25) is 0 Å². The minimum atomic E-state index is -0.0353. The van der Waals surface area contributed by atoms with Crippen molar-refractivity contribution >= 4 is 5.91 Å². The molecule has 1 aromatic carbocycles. The Morgan fingerprint density at radius 3 is 3.00 bits per heavy atom. The molecular formula is C18H24N4O2. The lowest BCUT2D eigenvalue weighted by molar-refractivity contribution is 0.0565. The molecule has 1 amide bonds. The molecule has 1 atom stereocenters. The second kappa shape index (κ2) is 7.57. The molecule has 128 valence electrons. The molecule has 1 unspecified atom stereocenters. The monoisotopic (exact) mass is 328 g/mol. The summed E-state index contributed by atoms with van der Waals surface area (Å²) in [6.07, 6.45) is 3.86. The lowest BCUT2D eigenvalue weighted by Crippen LogP contribution is -2.41. The number of carbonyl (C=O) groups is 1. The largest absolute Gasteiger partial charge is 0.384 e. The molecule has 2 heterocycles. The first-order valence-electron chi connectivity index (χ1n) is 8.40. The summed E-state index contributed by atoms with van der Waals surface area (Å²) in [5, 5.41) is 8.20. The number of likely N-dealkylation sites (tertiary alicyclic amines) is 1. The van der Waals surface area contributed by atoms with E-state index >= 15 is 0 Å². The van der Waals surface area contributed by atoms with Crippen LogP contribution in [0.5, 0.6) is 0 Å². The maximum absolute atomic E-state index is 12.7. The maximum Gasteiger partial charge on any atom is 0.276 e. The Morgan fingerprint density at radius 1 is 1.38 bits per heavy atom. The van der Waals surface area contributed by atoms with Crippen molar-refractivity contribution in [1.82, 2.24) is 19.9 Å². The summed E-state index contributed by atoms with van der Waals surface area (Å²) in [6.45, 7) is 4.91. The molecule has 0 N–H and O–H groups in total. The molecule has 1 fully saturated rings. The highest BCUT2D eigenvalue weighted by atomic mass is 16.5. The fourth-order valence-corrected chi connectivity index (χ4v) is 3.22. The molecule has 24 heavy (non-hydrogen) atoms. The topological polar surface area (TPSA) is 60.2 Å². The summed E-state index contributed by atoms with van der Waals surface area (Å²) >= 11 is 0. The number of methoxy groups -OCH3 is 1. The van der Waals surface area contributed by atoms with Crippen molar-refractivity contribution in [2.75, 3.05) is 26.8 Å². The van der Waals surface area contributed by atoms with Crippen molar-refractivity contribution in [2.45, 2.75) is 26.3 Å². The Hall–Kier alpha value is -2.21. The molecule has 3 rings (SSSR count). The van der Waals surface area contributed by atoms with Crippen LogP contribution in [0.15, 0.2) is 30.5 Å². The van der Waals surface area contributed by atoms with Gasteiger partial charge in [-0.05, 0) is 36.8 Å². The van der Waals surface area contributed by atoms with Crippen LogP contribution in [-0.2, 0) is 11.3 Å². The summed E-state index contributed by atoms with van der Waals surface area (Å²) in [7, 11) is 1.71. The van der Waals surface area contributed by atoms with Gasteiger partial charge in [0.15, 0.2) is 5.69 Å². The van der Waals surface area contributed by atoms with Gasteiger partial charge in [-0.15, -0.1) is 5.10 Å². The molecule has 1 aliphatic rings. The van der Waals surface area contributed by atoms with E-state index in [0.29, 0.717) is 24.8 Å². The number of nitrogens with zero attached hydrogens (tertiary/aromatic N) is 4. The molecule has 1 aliphatic heterocycles. The van der Waals surface area contributed by atoms with Gasteiger partial charge in [0.1, 0.15) is 0 Å². The van der Waals surface area contributed by atoms with E-state index in [2.05, 4.69) is 29.4 Å². The summed E-state index contributed by atoms with van der Waals surface area (Å²) in [6, 6.07) is 8.16. The van der Waals surface area contributed by atoms with E-state index in [-0.39, 0.29) is 5.91 Å². The zero-order valence-electron chi connectivity index (χ0n) is 14.3. The molecule has 1 aromatic heterocycles. The number of amides is 1. The Kier molecular flexibility index (Phi) is 5.25. The van der Waals surface area contributed by atoms with Gasteiger partial charge in [-0.3, -0.25) is 4.79 Å². The first-order valence-corrected chi connectivity index (χ1v) is 8.40. The average molecular weight is 328 g/mol. The zero-order valence-corrected chi connectivity index (χ0v) is 14.3. The van der Waals surface area contributed by atoms with Gasteiger partial charge < -0.3 is 9.64 Å². The van der Waals surface area contributed by atoms with E-state index in [9.17, 15) is 4.79 Å². The van der Waals surface area contributed by atoms with Gasteiger partial charge in [-0.1, -0.05) is 29.5 Å². The predicted molar refractivity (Wildman–Crippen MR) is 90.8 cm³/mol. The van der Waals surface area contributed by atoms with E-state index in [4.69, 9.17) is 4.74 Å². The standard InChI is InChI=1S/C18H24N4O2/c1-14-6-3-4-8-16(14)11-22-12-17(19-20-22)18(23)21-9-5-7-15(10-21)13-24-2/h3-4,6,8,12,15H,5,7,9-11,13H2,1-2H3. The highest BCUT2D eigenvalue weighted by molar-refractivity contribution is 5.92. The third-order valence-electron chi connectivity index (χ3n) is 4.56. The van der Waals surface area contributed by atoms with Gasteiger partial charge in [0.2, 0.25) is 0 Å². The van der Waals surface area contributed by atoms with Crippen LogP contribution in [0.3, 0.4) is 0 Å². The number of benzene rings is 1. The second-order valence-corrected chi connectivity index (χ2v) is 6.44. The number of rotatable bonds is 5. The smallest absolute Gasteiger partial charge is 0.276 e.